The minimum absolute atomic E-state index is 0.0502. The number of aromatic nitrogens is 4. The van der Waals surface area contributed by atoms with Crippen molar-refractivity contribution in [2.24, 2.45) is 7.05 Å². The van der Waals surface area contributed by atoms with Gasteiger partial charge < -0.3 is 15.1 Å². The second kappa shape index (κ2) is 6.36. The Balaban J connectivity index is 1.90. The van der Waals surface area contributed by atoms with Crippen LogP contribution in [0.5, 0.6) is 0 Å². The Kier molecular flexibility index (Phi) is 4.26. The highest BCUT2D eigenvalue weighted by Gasteiger charge is 2.29. The number of hydrogen-bond acceptors (Lipinski definition) is 6. The first kappa shape index (κ1) is 16.1. The summed E-state index contributed by atoms with van der Waals surface area (Å²) in [5, 5.41) is 13.8. The number of likely N-dealkylation sites (N-methyl/N-ethyl adjacent to an activating group) is 2. The number of anilines is 2. The Morgan fingerprint density at radius 1 is 1.38 bits per heavy atom. The number of benzene rings is 1. The van der Waals surface area contributed by atoms with E-state index in [4.69, 9.17) is 0 Å². The maximum atomic E-state index is 12.7. The number of nitrogens with one attached hydrogen (secondary N) is 1. The Hall–Kier alpha value is -2.81. The number of nitrogens with zero attached hydrogens (tertiary/aromatic N) is 6. The molecule has 0 saturated carbocycles. The molecule has 9 heteroatoms. The molecule has 0 unspecified atom stereocenters. The largest absolute Gasteiger partial charge is 0.314 e. The van der Waals surface area contributed by atoms with Crippen molar-refractivity contribution in [2.75, 3.05) is 37.0 Å². The zero-order chi connectivity index (χ0) is 17.3. The smallest absolute Gasteiger partial charge is 0.297 e. The van der Waals surface area contributed by atoms with Crippen molar-refractivity contribution in [3.8, 4) is 0 Å². The van der Waals surface area contributed by atoms with E-state index in [9.17, 15) is 9.59 Å². The van der Waals surface area contributed by atoms with Gasteiger partial charge in [-0.15, -0.1) is 5.10 Å². The van der Waals surface area contributed by atoms with Crippen molar-refractivity contribution in [3.63, 3.8) is 0 Å². The van der Waals surface area contributed by atoms with Crippen molar-refractivity contribution in [1.29, 1.82) is 0 Å². The lowest BCUT2D eigenvalue weighted by Crippen LogP contribution is -2.34. The zero-order valence-electron chi connectivity index (χ0n) is 13.9. The molecule has 1 aliphatic heterocycles. The molecule has 9 nitrogen and oxygen atoms in total. The van der Waals surface area contributed by atoms with Crippen molar-refractivity contribution < 1.29 is 9.59 Å². The molecular weight excluding hydrogens is 310 g/mol. The van der Waals surface area contributed by atoms with E-state index in [0.29, 0.717) is 6.54 Å². The second-order valence-corrected chi connectivity index (χ2v) is 5.63. The summed E-state index contributed by atoms with van der Waals surface area (Å²) in [6, 6.07) is 5.71. The standard InChI is InChI=1S/C15H19N7O2/c1-16-9-13(23)20(2)11-5-4-10-6-7-22(12(10)8-11)15(24)14-17-18-19-21(14)3/h4-5,8,16H,6-7,9H2,1-3H3. The number of amides is 2. The quantitative estimate of drug-likeness (QED) is 0.819. The molecule has 24 heavy (non-hydrogen) atoms. The van der Waals surface area contributed by atoms with Crippen molar-refractivity contribution in [1.82, 2.24) is 25.5 Å². The van der Waals surface area contributed by atoms with Crippen molar-refractivity contribution in [3.05, 3.63) is 29.6 Å². The molecule has 0 aliphatic carbocycles. The Morgan fingerprint density at radius 3 is 2.83 bits per heavy atom. The van der Waals surface area contributed by atoms with Crippen molar-refractivity contribution >= 4 is 23.2 Å². The predicted octanol–water partition coefficient (Wildman–Crippen LogP) is -0.405. The fourth-order valence-corrected chi connectivity index (χ4v) is 2.73. The summed E-state index contributed by atoms with van der Waals surface area (Å²) in [7, 11) is 5.07. The van der Waals surface area contributed by atoms with Crippen LogP contribution in [0.15, 0.2) is 18.2 Å². The highest BCUT2D eigenvalue weighted by molar-refractivity contribution is 6.05. The van der Waals surface area contributed by atoms with Crippen LogP contribution in [0.4, 0.5) is 11.4 Å². The van der Waals surface area contributed by atoms with Gasteiger partial charge in [-0.1, -0.05) is 6.07 Å². The van der Waals surface area contributed by atoms with E-state index >= 15 is 0 Å². The molecule has 2 amide bonds. The molecule has 3 rings (SSSR count). The van der Waals surface area contributed by atoms with Gasteiger partial charge >= 0.3 is 0 Å². The molecular formula is C15H19N7O2. The number of rotatable bonds is 4. The fourth-order valence-electron chi connectivity index (χ4n) is 2.73. The molecule has 1 aromatic heterocycles. The minimum atomic E-state index is -0.248. The van der Waals surface area contributed by atoms with Crippen LogP contribution in [0, 0.1) is 0 Å². The maximum absolute atomic E-state index is 12.7. The van der Waals surface area contributed by atoms with E-state index in [-0.39, 0.29) is 24.2 Å². The van der Waals surface area contributed by atoms with Gasteiger partial charge in [0.25, 0.3) is 5.91 Å². The molecule has 0 atom stereocenters. The first-order chi connectivity index (χ1) is 11.5. The summed E-state index contributed by atoms with van der Waals surface area (Å²) in [5.74, 6) is -0.110. The fraction of sp³-hybridized carbons (Fsp3) is 0.400. The van der Waals surface area contributed by atoms with E-state index in [0.717, 1.165) is 23.4 Å². The molecule has 2 heterocycles. The average Bonchev–Trinajstić information content (AvgIpc) is 3.19. The molecule has 0 spiro atoms. The average molecular weight is 329 g/mol. The van der Waals surface area contributed by atoms with Crippen LogP contribution in [0.2, 0.25) is 0 Å². The summed E-state index contributed by atoms with van der Waals surface area (Å²) >= 11 is 0. The van der Waals surface area contributed by atoms with Gasteiger partial charge in [-0.2, -0.15) is 0 Å². The lowest BCUT2D eigenvalue weighted by molar-refractivity contribution is -0.117. The highest BCUT2D eigenvalue weighted by Crippen LogP contribution is 2.32. The van der Waals surface area contributed by atoms with Crippen LogP contribution < -0.4 is 15.1 Å². The molecule has 0 bridgehead atoms. The third kappa shape index (κ3) is 2.73. The summed E-state index contributed by atoms with van der Waals surface area (Å²) in [4.78, 5) is 27.9. The lowest BCUT2D eigenvalue weighted by Gasteiger charge is -2.21. The molecule has 1 N–H and O–H groups in total. The van der Waals surface area contributed by atoms with Crippen LogP contribution in [0.25, 0.3) is 0 Å². The van der Waals surface area contributed by atoms with Crippen LogP contribution in [0.1, 0.15) is 16.2 Å². The molecule has 2 aromatic rings. The van der Waals surface area contributed by atoms with Gasteiger partial charge in [0.05, 0.1) is 6.54 Å². The summed E-state index contributed by atoms with van der Waals surface area (Å²) < 4.78 is 1.35. The summed E-state index contributed by atoms with van der Waals surface area (Å²) in [6.45, 7) is 0.819. The van der Waals surface area contributed by atoms with Crippen LogP contribution >= 0.6 is 0 Å². The number of fused-ring (bicyclic) bond motifs is 1. The van der Waals surface area contributed by atoms with Crippen LogP contribution in [-0.2, 0) is 18.3 Å². The number of carbonyl (C=O) groups is 2. The molecule has 0 fully saturated rings. The summed E-state index contributed by atoms with van der Waals surface area (Å²) in [6.07, 6.45) is 0.765. The van der Waals surface area contributed by atoms with Gasteiger partial charge in [0.1, 0.15) is 0 Å². The number of hydrogen-bond donors (Lipinski definition) is 1. The number of tetrazole rings is 1. The molecule has 1 aliphatic rings. The third-order valence-electron chi connectivity index (χ3n) is 4.11. The van der Waals surface area contributed by atoms with Gasteiger partial charge in [-0.05, 0) is 41.6 Å². The van der Waals surface area contributed by atoms with Gasteiger partial charge in [0, 0.05) is 32.0 Å². The molecule has 0 saturated heterocycles. The SMILES string of the molecule is CNCC(=O)N(C)c1ccc2c(c1)N(C(=O)c1nnnn1C)CC2. The zero-order valence-corrected chi connectivity index (χ0v) is 13.9. The Labute approximate surface area is 139 Å². The van der Waals surface area contributed by atoms with Crippen molar-refractivity contribution in [2.45, 2.75) is 6.42 Å². The van der Waals surface area contributed by atoms with E-state index in [1.807, 2.05) is 18.2 Å². The van der Waals surface area contributed by atoms with E-state index < -0.39 is 0 Å². The molecule has 1 aromatic carbocycles. The normalized spacial score (nSPS) is 13.0. The van der Waals surface area contributed by atoms with Crippen LogP contribution in [0.3, 0.4) is 0 Å². The first-order valence-electron chi connectivity index (χ1n) is 7.61. The van der Waals surface area contributed by atoms with Gasteiger partial charge in [-0.25, -0.2) is 4.68 Å². The van der Waals surface area contributed by atoms with Crippen LogP contribution in [-0.4, -0.2) is 59.2 Å². The predicted molar refractivity (Wildman–Crippen MR) is 88.0 cm³/mol. The molecule has 0 radical (unpaired) electrons. The minimum Gasteiger partial charge on any atom is -0.314 e. The van der Waals surface area contributed by atoms with E-state index in [2.05, 4.69) is 20.8 Å². The lowest BCUT2D eigenvalue weighted by atomic mass is 10.1. The molecule has 126 valence electrons. The summed E-state index contributed by atoms with van der Waals surface area (Å²) in [5.41, 5.74) is 2.60. The second-order valence-electron chi connectivity index (χ2n) is 5.63. The van der Waals surface area contributed by atoms with Gasteiger partial charge in [-0.3, -0.25) is 9.59 Å². The van der Waals surface area contributed by atoms with Gasteiger partial charge in [0.2, 0.25) is 11.7 Å². The highest BCUT2D eigenvalue weighted by atomic mass is 16.2. The maximum Gasteiger partial charge on any atom is 0.297 e. The van der Waals surface area contributed by atoms with Gasteiger partial charge in [0.15, 0.2) is 0 Å². The topological polar surface area (TPSA) is 96.2 Å². The number of aryl methyl sites for hydroxylation is 1. The van der Waals surface area contributed by atoms with E-state index in [1.54, 1.807) is 30.9 Å². The Morgan fingerprint density at radius 2 is 2.17 bits per heavy atom. The monoisotopic (exact) mass is 329 g/mol. The van der Waals surface area contributed by atoms with E-state index in [1.165, 1.54) is 4.68 Å². The Bertz CT molecular complexity index is 786. The number of carbonyl (C=O) groups excluding carboxylic acids is 2. The first-order valence-corrected chi connectivity index (χ1v) is 7.61. The third-order valence-corrected chi connectivity index (χ3v) is 4.11.